The lowest BCUT2D eigenvalue weighted by atomic mass is 9.97. The molecular weight excluding hydrogens is 282 g/mol. The van der Waals surface area contributed by atoms with Crippen LogP contribution in [0, 0.1) is 17.6 Å². The number of hydrogen-bond donors (Lipinski definition) is 1. The molecule has 2 N–H and O–H groups in total. The summed E-state index contributed by atoms with van der Waals surface area (Å²) in [7, 11) is 1.27. The first kappa shape index (κ1) is 15.2. The molecule has 0 spiro atoms. The van der Waals surface area contributed by atoms with Gasteiger partial charge in [0.1, 0.15) is 5.82 Å². The number of hydrogen-bond acceptors (Lipinski definition) is 4. The van der Waals surface area contributed by atoms with Crippen molar-refractivity contribution in [2.75, 3.05) is 25.9 Å². The van der Waals surface area contributed by atoms with Gasteiger partial charge in [0.2, 0.25) is 0 Å². The number of benzene rings is 1. The molecule has 1 unspecified atom stereocenters. The number of nitrogens with zero attached hydrogens (tertiary/aromatic N) is 1. The Balaban J connectivity index is 2.22. The summed E-state index contributed by atoms with van der Waals surface area (Å²) < 4.78 is 31.8. The predicted molar refractivity (Wildman–Crippen MR) is 71.4 cm³/mol. The van der Waals surface area contributed by atoms with Gasteiger partial charge in [0.15, 0.2) is 5.82 Å². The molecule has 1 fully saturated rings. The number of anilines is 1. The van der Waals surface area contributed by atoms with E-state index in [1.165, 1.54) is 12.0 Å². The zero-order chi connectivity index (χ0) is 15.6. The number of esters is 1. The average molecular weight is 298 g/mol. The number of nitrogen functional groups attached to an aromatic ring is 1. The van der Waals surface area contributed by atoms with Crippen molar-refractivity contribution in [2.45, 2.75) is 12.8 Å². The molecule has 1 aromatic carbocycles. The van der Waals surface area contributed by atoms with Crippen LogP contribution in [0.1, 0.15) is 23.2 Å². The number of methoxy groups -OCH3 is 1. The van der Waals surface area contributed by atoms with Crippen molar-refractivity contribution in [2.24, 2.45) is 5.92 Å². The number of nitrogens with two attached hydrogens (primary N) is 1. The number of amides is 1. The van der Waals surface area contributed by atoms with Gasteiger partial charge >= 0.3 is 5.97 Å². The van der Waals surface area contributed by atoms with Crippen molar-refractivity contribution in [3.63, 3.8) is 0 Å². The molecule has 1 saturated heterocycles. The van der Waals surface area contributed by atoms with Crippen LogP contribution in [-0.4, -0.2) is 37.0 Å². The lowest BCUT2D eigenvalue weighted by Gasteiger charge is -2.31. The van der Waals surface area contributed by atoms with E-state index < -0.39 is 40.7 Å². The van der Waals surface area contributed by atoms with E-state index in [0.717, 1.165) is 12.1 Å². The van der Waals surface area contributed by atoms with Crippen molar-refractivity contribution < 1.29 is 23.1 Å². The van der Waals surface area contributed by atoms with Crippen LogP contribution < -0.4 is 5.73 Å². The largest absolute Gasteiger partial charge is 0.469 e. The number of piperidine rings is 1. The fraction of sp³-hybridized carbons (Fsp3) is 0.429. The molecule has 5 nitrogen and oxygen atoms in total. The van der Waals surface area contributed by atoms with Gasteiger partial charge in [-0.25, -0.2) is 8.78 Å². The summed E-state index contributed by atoms with van der Waals surface area (Å²) in [6.45, 7) is 0.504. The first-order valence-corrected chi connectivity index (χ1v) is 6.55. The van der Waals surface area contributed by atoms with E-state index in [9.17, 15) is 18.4 Å². The third kappa shape index (κ3) is 3.12. The maximum Gasteiger partial charge on any atom is 0.310 e. The van der Waals surface area contributed by atoms with Gasteiger partial charge in [-0.2, -0.15) is 0 Å². The molecule has 7 heteroatoms. The SMILES string of the molecule is COC(=O)C1CCCN(C(=O)c2cc(F)cc(N)c2F)C1. The molecule has 0 radical (unpaired) electrons. The molecule has 2 rings (SSSR count). The Bertz CT molecular complexity index is 578. The Labute approximate surface area is 120 Å². The smallest absolute Gasteiger partial charge is 0.310 e. The predicted octanol–water partition coefficient (Wildman–Crippen LogP) is 1.57. The molecule has 0 saturated carbocycles. The van der Waals surface area contributed by atoms with Crippen LogP contribution in [-0.2, 0) is 9.53 Å². The molecular formula is C14H16F2N2O3. The summed E-state index contributed by atoms with van der Waals surface area (Å²) in [4.78, 5) is 25.1. The molecule has 0 aromatic heterocycles. The van der Waals surface area contributed by atoms with Crippen molar-refractivity contribution in [3.8, 4) is 0 Å². The monoisotopic (exact) mass is 298 g/mol. The highest BCUT2D eigenvalue weighted by Gasteiger charge is 2.31. The van der Waals surface area contributed by atoms with Gasteiger partial charge in [-0.1, -0.05) is 0 Å². The van der Waals surface area contributed by atoms with E-state index in [1.807, 2.05) is 0 Å². The standard InChI is InChI=1S/C14H16F2N2O3/c1-21-14(20)8-3-2-4-18(7-8)13(19)10-5-9(15)6-11(17)12(10)16/h5-6,8H,2-4,7,17H2,1H3. The lowest BCUT2D eigenvalue weighted by Crippen LogP contribution is -2.43. The molecule has 1 aromatic rings. The van der Waals surface area contributed by atoms with Gasteiger partial charge in [-0.3, -0.25) is 9.59 Å². The molecule has 0 aliphatic carbocycles. The van der Waals surface area contributed by atoms with Crippen molar-refractivity contribution in [1.29, 1.82) is 0 Å². The maximum absolute atomic E-state index is 13.9. The van der Waals surface area contributed by atoms with Crippen LogP contribution in [0.2, 0.25) is 0 Å². The number of carbonyl (C=O) groups is 2. The first-order chi connectivity index (χ1) is 9.93. The van der Waals surface area contributed by atoms with Crippen molar-refractivity contribution in [3.05, 3.63) is 29.3 Å². The molecule has 114 valence electrons. The number of carbonyl (C=O) groups excluding carboxylic acids is 2. The highest BCUT2D eigenvalue weighted by Crippen LogP contribution is 2.23. The zero-order valence-electron chi connectivity index (χ0n) is 11.6. The Morgan fingerprint density at radius 2 is 2.10 bits per heavy atom. The molecule has 1 amide bonds. The molecule has 0 bridgehead atoms. The van der Waals surface area contributed by atoms with Crippen LogP contribution in [0.5, 0.6) is 0 Å². The van der Waals surface area contributed by atoms with E-state index in [0.29, 0.717) is 19.4 Å². The minimum atomic E-state index is -0.943. The zero-order valence-corrected chi connectivity index (χ0v) is 11.6. The second-order valence-corrected chi connectivity index (χ2v) is 4.97. The second-order valence-electron chi connectivity index (χ2n) is 4.97. The average Bonchev–Trinajstić information content (AvgIpc) is 2.49. The van der Waals surface area contributed by atoms with Gasteiger partial charge in [0, 0.05) is 13.1 Å². The van der Waals surface area contributed by atoms with E-state index >= 15 is 0 Å². The fourth-order valence-corrected chi connectivity index (χ4v) is 2.46. The van der Waals surface area contributed by atoms with Crippen LogP contribution in [0.25, 0.3) is 0 Å². The molecule has 1 atom stereocenters. The number of halogens is 2. The van der Waals surface area contributed by atoms with Gasteiger partial charge in [-0.05, 0) is 25.0 Å². The van der Waals surface area contributed by atoms with E-state index in [2.05, 4.69) is 4.74 Å². The Morgan fingerprint density at radius 1 is 1.38 bits per heavy atom. The van der Waals surface area contributed by atoms with Gasteiger partial charge < -0.3 is 15.4 Å². The minimum absolute atomic E-state index is 0.126. The highest BCUT2D eigenvalue weighted by atomic mass is 19.1. The van der Waals surface area contributed by atoms with Crippen LogP contribution in [0.3, 0.4) is 0 Å². The minimum Gasteiger partial charge on any atom is -0.469 e. The molecule has 21 heavy (non-hydrogen) atoms. The Morgan fingerprint density at radius 3 is 2.76 bits per heavy atom. The van der Waals surface area contributed by atoms with Crippen molar-refractivity contribution >= 4 is 17.6 Å². The number of ether oxygens (including phenoxy) is 1. The first-order valence-electron chi connectivity index (χ1n) is 6.55. The second kappa shape index (κ2) is 6.07. The molecule has 1 aliphatic rings. The summed E-state index contributed by atoms with van der Waals surface area (Å²) in [6, 6.07) is 1.63. The summed E-state index contributed by atoms with van der Waals surface area (Å²) in [5.74, 6) is -3.25. The van der Waals surface area contributed by atoms with Gasteiger partial charge in [0.25, 0.3) is 5.91 Å². The summed E-state index contributed by atoms with van der Waals surface area (Å²) >= 11 is 0. The normalized spacial score (nSPS) is 18.4. The fourth-order valence-electron chi connectivity index (χ4n) is 2.46. The van der Waals surface area contributed by atoms with E-state index in [4.69, 9.17) is 5.73 Å². The van der Waals surface area contributed by atoms with Gasteiger partial charge in [0.05, 0.1) is 24.3 Å². The van der Waals surface area contributed by atoms with Crippen LogP contribution in [0.15, 0.2) is 12.1 Å². The summed E-state index contributed by atoms with van der Waals surface area (Å²) in [6.07, 6.45) is 1.20. The molecule has 1 heterocycles. The Kier molecular flexibility index (Phi) is 4.40. The highest BCUT2D eigenvalue weighted by molar-refractivity contribution is 5.95. The quantitative estimate of drug-likeness (QED) is 0.664. The van der Waals surface area contributed by atoms with E-state index in [-0.39, 0.29) is 6.54 Å². The Hall–Kier alpha value is -2.18. The lowest BCUT2D eigenvalue weighted by molar-refractivity contribution is -0.146. The third-order valence-electron chi connectivity index (χ3n) is 3.54. The number of likely N-dealkylation sites (tertiary alicyclic amines) is 1. The third-order valence-corrected chi connectivity index (χ3v) is 3.54. The maximum atomic E-state index is 13.9. The van der Waals surface area contributed by atoms with Gasteiger partial charge in [-0.15, -0.1) is 0 Å². The number of rotatable bonds is 2. The summed E-state index contributed by atoms with van der Waals surface area (Å²) in [5.41, 5.74) is 4.49. The van der Waals surface area contributed by atoms with Crippen LogP contribution in [0.4, 0.5) is 14.5 Å². The summed E-state index contributed by atoms with van der Waals surface area (Å²) in [5, 5.41) is 0. The van der Waals surface area contributed by atoms with Crippen LogP contribution >= 0.6 is 0 Å². The topological polar surface area (TPSA) is 72.6 Å². The molecule has 1 aliphatic heterocycles. The van der Waals surface area contributed by atoms with Crippen molar-refractivity contribution in [1.82, 2.24) is 4.90 Å². The van der Waals surface area contributed by atoms with E-state index in [1.54, 1.807) is 0 Å².